The molecule has 1 amide bonds. The van der Waals surface area contributed by atoms with Crippen molar-refractivity contribution in [2.75, 3.05) is 70.3 Å². The summed E-state index contributed by atoms with van der Waals surface area (Å²) in [6, 6.07) is 9.69. The van der Waals surface area contributed by atoms with Crippen molar-refractivity contribution in [1.29, 1.82) is 0 Å². The van der Waals surface area contributed by atoms with Crippen LogP contribution >= 0.6 is 0 Å². The molecule has 2 heterocycles. The number of likely N-dealkylation sites (N-methyl/N-ethyl adjacent to an activating group) is 1. The van der Waals surface area contributed by atoms with Crippen LogP contribution in [0.3, 0.4) is 0 Å². The van der Waals surface area contributed by atoms with Crippen LogP contribution in [0, 0.1) is 0 Å². The smallest absolute Gasteiger partial charge is 0.270 e. The number of nitrogens with one attached hydrogen (secondary N) is 1. The van der Waals surface area contributed by atoms with Gasteiger partial charge in [-0.3, -0.25) is 4.79 Å². The standard InChI is InChI=1S/C20H28N6O2/c1-24(2)11-10-21-19(27)16-8-9-22-20(23-16)26-14-12-25(13-15-26)17-6-4-5-7-18(17)28-3/h4-9H,10-15H2,1-3H3,(H,21,27). The fourth-order valence-corrected chi connectivity index (χ4v) is 3.15. The van der Waals surface area contributed by atoms with Gasteiger partial charge in [-0.05, 0) is 32.3 Å². The SMILES string of the molecule is COc1ccccc1N1CCN(c2nccc(C(=O)NCCN(C)C)n2)CC1. The normalized spacial score (nSPS) is 14.3. The van der Waals surface area contributed by atoms with Crippen LogP contribution in [-0.4, -0.2) is 81.2 Å². The molecular formula is C20H28N6O2. The Morgan fingerprint density at radius 1 is 1.14 bits per heavy atom. The number of anilines is 2. The maximum absolute atomic E-state index is 12.3. The van der Waals surface area contributed by atoms with Crippen LogP contribution < -0.4 is 19.9 Å². The van der Waals surface area contributed by atoms with E-state index in [0.29, 0.717) is 18.2 Å². The molecule has 0 saturated carbocycles. The lowest BCUT2D eigenvalue weighted by Gasteiger charge is -2.36. The summed E-state index contributed by atoms with van der Waals surface area (Å²) in [6.07, 6.45) is 1.65. The van der Waals surface area contributed by atoms with Gasteiger partial charge >= 0.3 is 0 Å². The summed E-state index contributed by atoms with van der Waals surface area (Å²) < 4.78 is 5.47. The van der Waals surface area contributed by atoms with Crippen molar-refractivity contribution < 1.29 is 9.53 Å². The van der Waals surface area contributed by atoms with Gasteiger partial charge in [0.15, 0.2) is 0 Å². The lowest BCUT2D eigenvalue weighted by molar-refractivity contribution is 0.0946. The van der Waals surface area contributed by atoms with E-state index in [1.807, 2.05) is 37.2 Å². The molecule has 0 radical (unpaired) electrons. The van der Waals surface area contributed by atoms with Crippen LogP contribution in [-0.2, 0) is 0 Å². The third-order valence-corrected chi connectivity index (χ3v) is 4.71. The molecule has 8 heteroatoms. The minimum Gasteiger partial charge on any atom is -0.495 e. The molecule has 28 heavy (non-hydrogen) atoms. The molecule has 150 valence electrons. The van der Waals surface area contributed by atoms with Crippen LogP contribution in [0.2, 0.25) is 0 Å². The number of hydrogen-bond donors (Lipinski definition) is 1. The van der Waals surface area contributed by atoms with Crippen molar-refractivity contribution in [3.63, 3.8) is 0 Å². The summed E-state index contributed by atoms with van der Waals surface area (Å²) in [4.78, 5) is 27.6. The van der Waals surface area contributed by atoms with Crippen LogP contribution in [0.15, 0.2) is 36.5 Å². The lowest BCUT2D eigenvalue weighted by atomic mass is 10.2. The average molecular weight is 384 g/mol. The molecule has 1 aliphatic heterocycles. The Morgan fingerprint density at radius 3 is 2.57 bits per heavy atom. The van der Waals surface area contributed by atoms with Gasteiger partial charge < -0.3 is 24.8 Å². The lowest BCUT2D eigenvalue weighted by Crippen LogP contribution is -2.47. The van der Waals surface area contributed by atoms with Crippen molar-refractivity contribution in [3.05, 3.63) is 42.2 Å². The Morgan fingerprint density at radius 2 is 1.86 bits per heavy atom. The second-order valence-corrected chi connectivity index (χ2v) is 6.95. The molecule has 1 aromatic heterocycles. The van der Waals surface area contributed by atoms with Crippen molar-refractivity contribution >= 4 is 17.5 Å². The first-order valence-corrected chi connectivity index (χ1v) is 9.47. The number of carbonyl (C=O) groups is 1. The highest BCUT2D eigenvalue weighted by Gasteiger charge is 2.22. The quantitative estimate of drug-likeness (QED) is 0.766. The zero-order valence-electron chi connectivity index (χ0n) is 16.8. The van der Waals surface area contributed by atoms with E-state index in [9.17, 15) is 4.79 Å². The van der Waals surface area contributed by atoms with Gasteiger partial charge in [-0.1, -0.05) is 12.1 Å². The van der Waals surface area contributed by atoms with Crippen LogP contribution in [0.25, 0.3) is 0 Å². The van der Waals surface area contributed by atoms with Gasteiger partial charge in [0, 0.05) is 45.5 Å². The molecule has 0 spiro atoms. The van der Waals surface area contributed by atoms with E-state index >= 15 is 0 Å². The fourth-order valence-electron chi connectivity index (χ4n) is 3.15. The maximum Gasteiger partial charge on any atom is 0.270 e. The van der Waals surface area contributed by atoms with Crippen molar-refractivity contribution in [3.8, 4) is 5.75 Å². The van der Waals surface area contributed by atoms with Gasteiger partial charge in [-0.2, -0.15) is 0 Å². The van der Waals surface area contributed by atoms with Gasteiger partial charge in [0.1, 0.15) is 11.4 Å². The fraction of sp³-hybridized carbons (Fsp3) is 0.450. The van der Waals surface area contributed by atoms with Crippen LogP contribution in [0.5, 0.6) is 5.75 Å². The molecule has 1 aromatic carbocycles. The van der Waals surface area contributed by atoms with Crippen molar-refractivity contribution in [2.45, 2.75) is 0 Å². The molecule has 0 aliphatic carbocycles. The molecule has 1 N–H and O–H groups in total. The topological polar surface area (TPSA) is 73.8 Å². The zero-order chi connectivity index (χ0) is 19.9. The summed E-state index contributed by atoms with van der Waals surface area (Å²) in [5.41, 5.74) is 1.50. The molecule has 1 fully saturated rings. The van der Waals surface area contributed by atoms with Gasteiger partial charge in [0.05, 0.1) is 12.8 Å². The summed E-state index contributed by atoms with van der Waals surface area (Å²) >= 11 is 0. The number of rotatable bonds is 7. The van der Waals surface area contributed by atoms with Gasteiger partial charge in [0.25, 0.3) is 5.91 Å². The Labute approximate surface area is 166 Å². The number of para-hydroxylation sites is 2. The van der Waals surface area contributed by atoms with E-state index < -0.39 is 0 Å². The van der Waals surface area contributed by atoms with E-state index in [2.05, 4.69) is 31.2 Å². The Bertz CT molecular complexity index is 790. The van der Waals surface area contributed by atoms with Crippen molar-refractivity contribution in [2.24, 2.45) is 0 Å². The van der Waals surface area contributed by atoms with Gasteiger partial charge in [-0.15, -0.1) is 0 Å². The van der Waals surface area contributed by atoms with Gasteiger partial charge in [0.2, 0.25) is 5.95 Å². The molecule has 3 rings (SSSR count). The Balaban J connectivity index is 1.61. The van der Waals surface area contributed by atoms with Gasteiger partial charge in [-0.25, -0.2) is 9.97 Å². The predicted octanol–water partition coefficient (Wildman–Crippen LogP) is 1.10. The monoisotopic (exact) mass is 384 g/mol. The number of aromatic nitrogens is 2. The number of ether oxygens (including phenoxy) is 1. The first-order valence-electron chi connectivity index (χ1n) is 9.47. The van der Waals surface area contributed by atoms with E-state index in [4.69, 9.17) is 4.74 Å². The molecule has 8 nitrogen and oxygen atoms in total. The van der Waals surface area contributed by atoms with E-state index in [1.54, 1.807) is 19.4 Å². The summed E-state index contributed by atoms with van der Waals surface area (Å²) in [6.45, 7) is 4.61. The summed E-state index contributed by atoms with van der Waals surface area (Å²) in [7, 11) is 5.64. The highest BCUT2D eigenvalue weighted by atomic mass is 16.5. The van der Waals surface area contributed by atoms with E-state index in [-0.39, 0.29) is 5.91 Å². The minimum absolute atomic E-state index is 0.168. The highest BCUT2D eigenvalue weighted by molar-refractivity contribution is 5.92. The van der Waals surface area contributed by atoms with E-state index in [1.165, 1.54) is 0 Å². The summed E-state index contributed by atoms with van der Waals surface area (Å²) in [5.74, 6) is 1.31. The molecule has 0 bridgehead atoms. The number of nitrogens with zero attached hydrogens (tertiary/aromatic N) is 5. The average Bonchev–Trinajstić information content (AvgIpc) is 2.73. The molecule has 0 unspecified atom stereocenters. The molecule has 1 saturated heterocycles. The molecule has 2 aromatic rings. The largest absolute Gasteiger partial charge is 0.495 e. The third kappa shape index (κ3) is 4.89. The molecule has 0 atom stereocenters. The van der Waals surface area contributed by atoms with E-state index in [0.717, 1.165) is 44.2 Å². The third-order valence-electron chi connectivity index (χ3n) is 4.71. The number of benzene rings is 1. The second-order valence-electron chi connectivity index (χ2n) is 6.95. The first-order chi connectivity index (χ1) is 13.6. The maximum atomic E-state index is 12.3. The molecule has 1 aliphatic rings. The van der Waals surface area contributed by atoms with Crippen LogP contribution in [0.4, 0.5) is 11.6 Å². The number of carbonyl (C=O) groups excluding carboxylic acids is 1. The highest BCUT2D eigenvalue weighted by Crippen LogP contribution is 2.28. The number of methoxy groups -OCH3 is 1. The van der Waals surface area contributed by atoms with Crippen molar-refractivity contribution in [1.82, 2.24) is 20.2 Å². The number of hydrogen-bond acceptors (Lipinski definition) is 7. The number of amides is 1. The summed E-state index contributed by atoms with van der Waals surface area (Å²) in [5, 5.41) is 2.89. The minimum atomic E-state index is -0.168. The Kier molecular flexibility index (Phi) is 6.65. The molecular weight excluding hydrogens is 356 g/mol. The zero-order valence-corrected chi connectivity index (χ0v) is 16.8. The Hall–Kier alpha value is -2.87. The second kappa shape index (κ2) is 9.36. The van der Waals surface area contributed by atoms with Crippen LogP contribution in [0.1, 0.15) is 10.5 Å². The first kappa shape index (κ1) is 19.9. The predicted molar refractivity (Wildman–Crippen MR) is 110 cm³/mol. The number of piperazine rings is 1.